The van der Waals surface area contributed by atoms with Crippen molar-refractivity contribution in [3.05, 3.63) is 57.8 Å². The Morgan fingerprint density at radius 2 is 2.05 bits per heavy atom. The van der Waals surface area contributed by atoms with Crippen molar-refractivity contribution >= 4 is 28.0 Å². The predicted molar refractivity (Wildman–Crippen MR) is 86.6 cm³/mol. The number of rotatable bonds is 4. The lowest BCUT2D eigenvalue weighted by Crippen LogP contribution is -2.38. The van der Waals surface area contributed by atoms with E-state index < -0.39 is 10.8 Å². The van der Waals surface area contributed by atoms with E-state index in [1.165, 1.54) is 10.4 Å². The number of hydrogen-bond acceptors (Lipinski definition) is 3. The molecule has 2 aromatic rings. The van der Waals surface area contributed by atoms with E-state index in [4.69, 9.17) is 0 Å². The minimum absolute atomic E-state index is 0.00103. The Labute approximate surface area is 131 Å². The van der Waals surface area contributed by atoms with Crippen LogP contribution in [0, 0.1) is 0 Å². The van der Waals surface area contributed by atoms with Gasteiger partial charge in [0.1, 0.15) is 5.75 Å². The maximum absolute atomic E-state index is 12.3. The summed E-state index contributed by atoms with van der Waals surface area (Å²) in [4.78, 5) is 15.5. The van der Waals surface area contributed by atoms with Gasteiger partial charge in [0.2, 0.25) is 5.91 Å². The van der Waals surface area contributed by atoms with Crippen molar-refractivity contribution in [2.24, 2.45) is 0 Å². The van der Waals surface area contributed by atoms with Crippen molar-refractivity contribution in [2.45, 2.75) is 18.7 Å². The third-order valence-corrected chi connectivity index (χ3v) is 5.86. The van der Waals surface area contributed by atoms with Crippen LogP contribution in [-0.2, 0) is 34.3 Å². The Hall–Kier alpha value is -1.46. The van der Waals surface area contributed by atoms with Gasteiger partial charge in [-0.25, -0.2) is 0 Å². The molecule has 0 bridgehead atoms. The van der Waals surface area contributed by atoms with Gasteiger partial charge < -0.3 is 4.90 Å². The molecule has 0 saturated heterocycles. The number of amides is 1. The van der Waals surface area contributed by atoms with Crippen LogP contribution in [0.3, 0.4) is 0 Å². The first kappa shape index (κ1) is 14.5. The first-order valence-electron chi connectivity index (χ1n) is 6.94. The van der Waals surface area contributed by atoms with Crippen LogP contribution in [0.1, 0.15) is 16.0 Å². The van der Waals surface area contributed by atoms with E-state index >= 15 is 0 Å². The van der Waals surface area contributed by atoms with Crippen molar-refractivity contribution in [1.82, 2.24) is 4.90 Å². The lowest BCUT2D eigenvalue weighted by molar-refractivity contribution is -0.129. The molecule has 0 spiro atoms. The largest absolute Gasteiger partial charge is 0.337 e. The molecule has 3 nitrogen and oxygen atoms in total. The van der Waals surface area contributed by atoms with Gasteiger partial charge in [-0.2, -0.15) is 0 Å². The maximum Gasteiger partial charge on any atom is 0.235 e. The molecule has 1 atom stereocenters. The average Bonchev–Trinajstić information content (AvgIpc) is 2.95. The second-order valence-corrected chi connectivity index (χ2v) is 7.61. The Balaban J connectivity index is 1.56. The van der Waals surface area contributed by atoms with Crippen LogP contribution >= 0.6 is 11.3 Å². The number of carbonyl (C=O) groups is 1. The quantitative estimate of drug-likeness (QED) is 0.868. The summed E-state index contributed by atoms with van der Waals surface area (Å²) in [6.45, 7) is 1.41. The van der Waals surface area contributed by atoms with Crippen LogP contribution < -0.4 is 0 Å². The zero-order chi connectivity index (χ0) is 14.7. The summed E-state index contributed by atoms with van der Waals surface area (Å²) in [5.74, 6) is 0.569. The molecular formula is C16H17NO2S2. The highest BCUT2D eigenvalue weighted by atomic mass is 32.2. The lowest BCUT2D eigenvalue weighted by atomic mass is 10.1. The molecule has 1 aromatic heterocycles. The van der Waals surface area contributed by atoms with Crippen LogP contribution in [-0.4, -0.2) is 27.3 Å². The zero-order valence-corrected chi connectivity index (χ0v) is 13.3. The molecule has 0 fully saturated rings. The van der Waals surface area contributed by atoms with E-state index in [9.17, 15) is 9.00 Å². The summed E-state index contributed by atoms with van der Waals surface area (Å²) >= 11 is 1.76. The first-order chi connectivity index (χ1) is 10.2. The fraction of sp³-hybridized carbons (Fsp3) is 0.312. The topological polar surface area (TPSA) is 37.4 Å². The van der Waals surface area contributed by atoms with E-state index in [-0.39, 0.29) is 11.7 Å². The van der Waals surface area contributed by atoms with Gasteiger partial charge in [-0.1, -0.05) is 30.3 Å². The van der Waals surface area contributed by atoms with E-state index in [1.807, 2.05) is 35.2 Å². The molecular weight excluding hydrogens is 302 g/mol. The maximum atomic E-state index is 12.3. The van der Waals surface area contributed by atoms with Crippen LogP contribution in [0.15, 0.2) is 41.8 Å². The lowest BCUT2D eigenvalue weighted by Gasteiger charge is -2.26. The fourth-order valence-corrected chi connectivity index (χ4v) is 4.52. The number of carbonyl (C=O) groups excluding carboxylic acids is 1. The van der Waals surface area contributed by atoms with Crippen molar-refractivity contribution in [3.8, 4) is 0 Å². The molecule has 0 aliphatic carbocycles. The minimum atomic E-state index is -1.14. The average molecular weight is 319 g/mol. The SMILES string of the molecule is O=C(CS(=O)Cc1ccccc1)N1CCc2sccc2C1. The van der Waals surface area contributed by atoms with Gasteiger partial charge in [-0.05, 0) is 29.0 Å². The number of thiophene rings is 1. The third-order valence-electron chi connectivity index (χ3n) is 3.62. The smallest absolute Gasteiger partial charge is 0.235 e. The number of nitrogens with zero attached hydrogens (tertiary/aromatic N) is 1. The summed E-state index contributed by atoms with van der Waals surface area (Å²) in [5, 5.41) is 2.08. The summed E-state index contributed by atoms with van der Waals surface area (Å²) in [7, 11) is -1.14. The van der Waals surface area contributed by atoms with Gasteiger partial charge in [0.25, 0.3) is 0 Å². The van der Waals surface area contributed by atoms with Crippen molar-refractivity contribution in [1.29, 1.82) is 0 Å². The number of fused-ring (bicyclic) bond motifs is 1. The summed E-state index contributed by atoms with van der Waals surface area (Å²) in [5.41, 5.74) is 2.26. The van der Waals surface area contributed by atoms with Gasteiger partial charge >= 0.3 is 0 Å². The molecule has 1 aliphatic heterocycles. The number of benzene rings is 1. The normalized spacial score (nSPS) is 15.5. The molecule has 0 radical (unpaired) electrons. The van der Waals surface area contributed by atoms with Gasteiger partial charge in [0.05, 0.1) is 0 Å². The van der Waals surface area contributed by atoms with Crippen LogP contribution in [0.25, 0.3) is 0 Å². The van der Waals surface area contributed by atoms with E-state index in [0.717, 1.165) is 18.5 Å². The standard InChI is InChI=1S/C16H17NO2S2/c18-16(12-21(19)11-13-4-2-1-3-5-13)17-8-6-15-14(10-17)7-9-20-15/h1-5,7,9H,6,8,10-12H2. The van der Waals surface area contributed by atoms with Crippen molar-refractivity contribution in [2.75, 3.05) is 12.3 Å². The molecule has 1 amide bonds. The molecule has 1 aliphatic rings. The second kappa shape index (κ2) is 6.54. The van der Waals surface area contributed by atoms with Crippen molar-refractivity contribution < 1.29 is 9.00 Å². The third kappa shape index (κ3) is 3.60. The summed E-state index contributed by atoms with van der Waals surface area (Å²) in [6, 6.07) is 11.8. The number of hydrogen-bond donors (Lipinski definition) is 0. The van der Waals surface area contributed by atoms with Crippen LogP contribution in [0.4, 0.5) is 0 Å². The molecule has 5 heteroatoms. The highest BCUT2D eigenvalue weighted by Crippen LogP contribution is 2.24. The summed E-state index contributed by atoms with van der Waals surface area (Å²) in [6.07, 6.45) is 0.921. The highest BCUT2D eigenvalue weighted by Gasteiger charge is 2.22. The van der Waals surface area contributed by atoms with Crippen molar-refractivity contribution in [3.63, 3.8) is 0 Å². The zero-order valence-electron chi connectivity index (χ0n) is 11.7. The van der Waals surface area contributed by atoms with Gasteiger partial charge in [-0.3, -0.25) is 9.00 Å². The summed E-state index contributed by atoms with van der Waals surface area (Å²) < 4.78 is 12.1. The molecule has 0 saturated carbocycles. The molecule has 3 rings (SSSR count). The second-order valence-electron chi connectivity index (χ2n) is 5.15. The molecule has 21 heavy (non-hydrogen) atoms. The first-order valence-corrected chi connectivity index (χ1v) is 9.31. The van der Waals surface area contributed by atoms with E-state index in [2.05, 4.69) is 11.4 Å². The Bertz CT molecular complexity index is 651. The fourth-order valence-electron chi connectivity index (χ4n) is 2.50. The molecule has 2 heterocycles. The van der Waals surface area contributed by atoms with Gasteiger partial charge in [0.15, 0.2) is 0 Å². The predicted octanol–water partition coefficient (Wildman–Crippen LogP) is 2.58. The van der Waals surface area contributed by atoms with E-state index in [1.54, 1.807) is 11.3 Å². The van der Waals surface area contributed by atoms with E-state index in [0.29, 0.717) is 12.3 Å². The minimum Gasteiger partial charge on any atom is -0.337 e. The van der Waals surface area contributed by atoms with Crippen LogP contribution in [0.5, 0.6) is 0 Å². The Morgan fingerprint density at radius 1 is 1.24 bits per heavy atom. The molecule has 1 aromatic carbocycles. The molecule has 0 N–H and O–H groups in total. The van der Waals surface area contributed by atoms with Gasteiger partial charge in [0, 0.05) is 34.5 Å². The van der Waals surface area contributed by atoms with Crippen LogP contribution in [0.2, 0.25) is 0 Å². The molecule has 1 unspecified atom stereocenters. The monoisotopic (exact) mass is 319 g/mol. The Morgan fingerprint density at radius 3 is 2.86 bits per heavy atom. The van der Waals surface area contributed by atoms with Gasteiger partial charge in [-0.15, -0.1) is 11.3 Å². The highest BCUT2D eigenvalue weighted by molar-refractivity contribution is 7.84. The molecule has 110 valence electrons. The Kier molecular flexibility index (Phi) is 4.51.